The lowest BCUT2D eigenvalue weighted by Crippen LogP contribution is -2.17. The van der Waals surface area contributed by atoms with E-state index in [4.69, 9.17) is 21.2 Å². The van der Waals surface area contributed by atoms with E-state index in [1.54, 1.807) is 31.0 Å². The molecule has 3 aromatic rings. The van der Waals surface area contributed by atoms with Gasteiger partial charge in [-0.2, -0.15) is 0 Å². The molecule has 154 valence electrons. The van der Waals surface area contributed by atoms with Gasteiger partial charge in [-0.15, -0.1) is 11.8 Å². The molecule has 3 aromatic carbocycles. The number of carbonyl (C=O) groups is 2. The Kier molecular flexibility index (Phi) is 7.49. The van der Waals surface area contributed by atoms with Crippen LogP contribution in [-0.2, 0) is 9.63 Å². The van der Waals surface area contributed by atoms with E-state index in [-0.39, 0.29) is 11.5 Å². The molecule has 0 saturated carbocycles. The van der Waals surface area contributed by atoms with Crippen molar-refractivity contribution in [1.29, 1.82) is 0 Å². The van der Waals surface area contributed by atoms with Crippen LogP contribution >= 0.6 is 23.4 Å². The van der Waals surface area contributed by atoms with Gasteiger partial charge in [-0.1, -0.05) is 41.0 Å². The highest BCUT2D eigenvalue weighted by Crippen LogP contribution is 2.28. The first-order chi connectivity index (χ1) is 14.5. The fraction of sp³-hybridized carbons (Fsp3) is 0.174. The number of ketones is 1. The summed E-state index contributed by atoms with van der Waals surface area (Å²) in [5, 5.41) is 5.92. The number of benzene rings is 3. The van der Waals surface area contributed by atoms with Crippen LogP contribution < -0.4 is 4.74 Å². The normalized spacial score (nSPS) is 11.4. The zero-order valence-electron chi connectivity index (χ0n) is 16.6. The number of thioether (sulfide) groups is 1. The highest BCUT2D eigenvalue weighted by molar-refractivity contribution is 7.99. The topological polar surface area (TPSA) is 65.0 Å². The first kappa shape index (κ1) is 21.9. The summed E-state index contributed by atoms with van der Waals surface area (Å²) in [6.45, 7) is 1.25. The first-order valence-electron chi connectivity index (χ1n) is 9.23. The zero-order chi connectivity index (χ0) is 21.5. The van der Waals surface area contributed by atoms with Gasteiger partial charge in [-0.3, -0.25) is 4.79 Å². The van der Waals surface area contributed by atoms with Crippen molar-refractivity contribution >= 4 is 51.6 Å². The number of fused-ring (bicyclic) bond motifs is 1. The van der Waals surface area contributed by atoms with E-state index in [1.165, 1.54) is 6.92 Å². The molecule has 0 heterocycles. The minimum absolute atomic E-state index is 0.179. The molecule has 30 heavy (non-hydrogen) atoms. The van der Waals surface area contributed by atoms with Crippen molar-refractivity contribution in [3.05, 3.63) is 71.2 Å². The van der Waals surface area contributed by atoms with Crippen molar-refractivity contribution in [2.45, 2.75) is 18.2 Å². The minimum Gasteiger partial charge on any atom is -0.497 e. The van der Waals surface area contributed by atoms with Crippen LogP contribution in [0.1, 0.15) is 23.7 Å². The summed E-state index contributed by atoms with van der Waals surface area (Å²) in [5.41, 5.74) is 0.647. The largest absolute Gasteiger partial charge is 0.497 e. The molecule has 7 heteroatoms. The number of oxime groups is 1. The summed E-state index contributed by atoms with van der Waals surface area (Å²) in [7, 11) is 1.62. The van der Waals surface area contributed by atoms with Crippen molar-refractivity contribution in [3.8, 4) is 5.75 Å². The van der Waals surface area contributed by atoms with Gasteiger partial charge in [-0.05, 0) is 41.8 Å². The van der Waals surface area contributed by atoms with Gasteiger partial charge in [0.15, 0.2) is 0 Å². The third-order valence-electron chi connectivity index (χ3n) is 4.33. The lowest BCUT2D eigenvalue weighted by molar-refractivity contribution is -0.140. The predicted octanol–water partition coefficient (Wildman–Crippen LogP) is 5.79. The van der Waals surface area contributed by atoms with Gasteiger partial charge in [0.25, 0.3) is 0 Å². The second kappa shape index (κ2) is 10.3. The van der Waals surface area contributed by atoms with Crippen LogP contribution in [0.3, 0.4) is 0 Å². The van der Waals surface area contributed by atoms with E-state index in [0.717, 1.165) is 21.4 Å². The number of halogens is 1. The molecule has 0 radical (unpaired) electrons. The number of carbonyl (C=O) groups excluding carboxylic acids is 2. The van der Waals surface area contributed by atoms with Crippen LogP contribution in [0.2, 0.25) is 5.02 Å². The third kappa shape index (κ3) is 5.40. The lowest BCUT2D eigenvalue weighted by atomic mass is 9.98. The predicted molar refractivity (Wildman–Crippen MR) is 121 cm³/mol. The second-order valence-corrected chi connectivity index (χ2v) is 7.94. The van der Waals surface area contributed by atoms with E-state index in [9.17, 15) is 9.59 Å². The minimum atomic E-state index is -0.580. The van der Waals surface area contributed by atoms with Crippen molar-refractivity contribution in [2.75, 3.05) is 12.9 Å². The lowest BCUT2D eigenvalue weighted by Gasteiger charge is -2.09. The highest BCUT2D eigenvalue weighted by Gasteiger charge is 2.19. The number of ether oxygens (including phenoxy) is 1. The smallest absolute Gasteiger partial charge is 0.331 e. The van der Waals surface area contributed by atoms with Crippen LogP contribution in [0.25, 0.3) is 10.8 Å². The summed E-state index contributed by atoms with van der Waals surface area (Å²) >= 11 is 7.84. The Morgan fingerprint density at radius 3 is 2.37 bits per heavy atom. The van der Waals surface area contributed by atoms with Gasteiger partial charge in [-0.25, -0.2) is 4.79 Å². The molecule has 0 aliphatic carbocycles. The highest BCUT2D eigenvalue weighted by atomic mass is 35.5. The second-order valence-electron chi connectivity index (χ2n) is 6.36. The summed E-state index contributed by atoms with van der Waals surface area (Å²) < 4.78 is 5.16. The van der Waals surface area contributed by atoms with Gasteiger partial charge in [0, 0.05) is 40.0 Å². The van der Waals surface area contributed by atoms with Crippen LogP contribution in [0, 0.1) is 0 Å². The molecular weight excluding hydrogens is 422 g/mol. The molecular formula is C23H20ClNO4S. The van der Waals surface area contributed by atoms with Crippen molar-refractivity contribution < 1.29 is 19.2 Å². The average Bonchev–Trinajstić information content (AvgIpc) is 2.76. The number of rotatable bonds is 8. The van der Waals surface area contributed by atoms with Crippen LogP contribution in [0.15, 0.2) is 70.7 Å². The molecule has 0 aliphatic rings. The van der Waals surface area contributed by atoms with Gasteiger partial charge in [0.1, 0.15) is 11.5 Å². The molecule has 0 spiro atoms. The maximum Gasteiger partial charge on any atom is 0.331 e. The van der Waals surface area contributed by atoms with Crippen molar-refractivity contribution in [2.24, 2.45) is 5.16 Å². The molecule has 0 saturated heterocycles. The monoisotopic (exact) mass is 441 g/mol. The Morgan fingerprint density at radius 1 is 1.00 bits per heavy atom. The quantitative estimate of drug-likeness (QED) is 0.145. The Bertz CT molecular complexity index is 1100. The average molecular weight is 442 g/mol. The van der Waals surface area contributed by atoms with Crippen LogP contribution in [0.5, 0.6) is 5.75 Å². The van der Waals surface area contributed by atoms with Crippen LogP contribution in [0.4, 0.5) is 0 Å². The van der Waals surface area contributed by atoms with Crippen LogP contribution in [-0.4, -0.2) is 30.3 Å². The summed E-state index contributed by atoms with van der Waals surface area (Å²) in [6, 6.07) is 18.4. The van der Waals surface area contributed by atoms with Gasteiger partial charge >= 0.3 is 5.97 Å². The van der Waals surface area contributed by atoms with Gasteiger partial charge < -0.3 is 9.57 Å². The molecule has 0 bridgehead atoms. The van der Waals surface area contributed by atoms with Crippen molar-refractivity contribution in [3.63, 3.8) is 0 Å². The number of methoxy groups -OCH3 is 1. The SMILES string of the molecule is COc1ccc(SCC/C(=N\OC(C)=O)C(=O)c2ccc(Cl)c3ccccc23)cc1. The summed E-state index contributed by atoms with van der Waals surface area (Å²) in [5.74, 6) is 0.494. The molecule has 0 amide bonds. The van der Waals surface area contributed by atoms with E-state index < -0.39 is 5.97 Å². The van der Waals surface area contributed by atoms with E-state index in [0.29, 0.717) is 22.8 Å². The fourth-order valence-electron chi connectivity index (χ4n) is 2.87. The molecule has 0 fully saturated rings. The number of nitrogens with zero attached hydrogens (tertiary/aromatic N) is 1. The molecule has 0 atom stereocenters. The molecule has 3 rings (SSSR count). The van der Waals surface area contributed by atoms with E-state index in [2.05, 4.69) is 5.16 Å². The standard InChI is InChI=1S/C23H20ClNO4S/c1-15(26)29-25-22(13-14-30-17-9-7-16(28-2)8-10-17)23(27)20-11-12-21(24)19-6-4-3-5-18(19)20/h3-12H,13-14H2,1-2H3/b25-22+. The van der Waals surface area contributed by atoms with E-state index >= 15 is 0 Å². The third-order valence-corrected chi connectivity index (χ3v) is 5.67. The fourth-order valence-corrected chi connectivity index (χ4v) is 3.96. The van der Waals surface area contributed by atoms with E-state index in [1.807, 2.05) is 48.5 Å². The number of Topliss-reactive ketones (excluding diaryl/α,β-unsaturated/α-hetero) is 1. The Hall–Kier alpha value is -2.83. The maximum atomic E-state index is 13.2. The summed E-state index contributed by atoms with van der Waals surface area (Å²) in [6.07, 6.45) is 0.333. The number of hydrogen-bond acceptors (Lipinski definition) is 6. The molecule has 0 unspecified atom stereocenters. The molecule has 0 aliphatic heterocycles. The Balaban J connectivity index is 1.81. The first-order valence-corrected chi connectivity index (χ1v) is 10.6. The molecule has 0 aromatic heterocycles. The maximum absolute atomic E-state index is 13.2. The summed E-state index contributed by atoms with van der Waals surface area (Å²) in [4.78, 5) is 30.3. The Morgan fingerprint density at radius 2 is 1.70 bits per heavy atom. The molecule has 0 N–H and O–H groups in total. The zero-order valence-corrected chi connectivity index (χ0v) is 18.1. The van der Waals surface area contributed by atoms with Gasteiger partial charge in [0.05, 0.1) is 7.11 Å². The Labute approximate surface area is 184 Å². The molecule has 5 nitrogen and oxygen atoms in total. The number of hydrogen-bond donors (Lipinski definition) is 0. The van der Waals surface area contributed by atoms with Gasteiger partial charge in [0.2, 0.25) is 5.78 Å². The van der Waals surface area contributed by atoms with Crippen molar-refractivity contribution in [1.82, 2.24) is 0 Å².